The predicted octanol–water partition coefficient (Wildman–Crippen LogP) is 5.86. The summed E-state index contributed by atoms with van der Waals surface area (Å²) in [6.45, 7) is 0.825. The van der Waals surface area contributed by atoms with Crippen molar-refractivity contribution in [3.05, 3.63) is 71.0 Å². The highest BCUT2D eigenvalue weighted by molar-refractivity contribution is 5.98. The van der Waals surface area contributed by atoms with Crippen LogP contribution in [0.5, 0.6) is 0 Å². The third kappa shape index (κ3) is 4.22. The molecule has 2 atom stereocenters. The van der Waals surface area contributed by atoms with E-state index in [0.717, 1.165) is 31.9 Å². The second-order valence-electron chi connectivity index (χ2n) is 8.12. The van der Waals surface area contributed by atoms with Gasteiger partial charge in [-0.15, -0.1) is 0 Å². The Morgan fingerprint density at radius 2 is 1.66 bits per heavy atom. The standard InChI is InChI=1S/C23H23F4NO/c24-21-10-9-16(13-20(21)23(25,26)27)22(29)17-11-18-7-4-8-19(12-17)28(18)14-15-5-2-1-3-6-15/h1-3,5-6,9-10,13,17-19H,4,7-8,11-12,14H2. The first-order valence-electron chi connectivity index (χ1n) is 10.0. The summed E-state index contributed by atoms with van der Waals surface area (Å²) >= 11 is 0. The zero-order valence-electron chi connectivity index (χ0n) is 16.0. The number of halogens is 4. The summed E-state index contributed by atoms with van der Waals surface area (Å²) in [5.41, 5.74) is -0.189. The van der Waals surface area contributed by atoms with Crippen molar-refractivity contribution >= 4 is 5.78 Å². The van der Waals surface area contributed by atoms with Crippen LogP contribution in [0.15, 0.2) is 48.5 Å². The van der Waals surface area contributed by atoms with E-state index in [1.807, 2.05) is 18.2 Å². The maximum Gasteiger partial charge on any atom is 0.419 e. The van der Waals surface area contributed by atoms with Crippen molar-refractivity contribution in [2.75, 3.05) is 0 Å². The number of rotatable bonds is 4. The summed E-state index contributed by atoms with van der Waals surface area (Å²) in [4.78, 5) is 15.4. The molecule has 0 aliphatic carbocycles. The van der Waals surface area contributed by atoms with Gasteiger partial charge in [-0.1, -0.05) is 36.8 Å². The van der Waals surface area contributed by atoms with Crippen LogP contribution in [0.25, 0.3) is 0 Å². The molecule has 154 valence electrons. The lowest BCUT2D eigenvalue weighted by atomic mass is 9.75. The van der Waals surface area contributed by atoms with Crippen LogP contribution in [0.2, 0.25) is 0 Å². The normalized spacial score (nSPS) is 25.0. The Labute approximate surface area is 167 Å². The molecule has 0 radical (unpaired) electrons. The van der Waals surface area contributed by atoms with E-state index in [1.54, 1.807) is 0 Å². The largest absolute Gasteiger partial charge is 0.419 e. The van der Waals surface area contributed by atoms with Crippen molar-refractivity contribution < 1.29 is 22.4 Å². The monoisotopic (exact) mass is 405 g/mol. The molecule has 2 bridgehead atoms. The average molecular weight is 405 g/mol. The first kappa shape index (κ1) is 20.1. The number of carbonyl (C=O) groups excluding carboxylic acids is 1. The van der Waals surface area contributed by atoms with Crippen molar-refractivity contribution in [2.24, 2.45) is 5.92 Å². The molecule has 2 nitrogen and oxygen atoms in total. The fraction of sp³-hybridized carbons (Fsp3) is 0.435. The van der Waals surface area contributed by atoms with Gasteiger partial charge in [-0.3, -0.25) is 9.69 Å². The summed E-state index contributed by atoms with van der Waals surface area (Å²) in [7, 11) is 0. The van der Waals surface area contributed by atoms with Gasteiger partial charge < -0.3 is 0 Å². The fourth-order valence-corrected chi connectivity index (χ4v) is 4.88. The van der Waals surface area contributed by atoms with Gasteiger partial charge in [-0.2, -0.15) is 13.2 Å². The summed E-state index contributed by atoms with van der Waals surface area (Å²) in [5.74, 6) is -1.96. The van der Waals surface area contributed by atoms with Crippen LogP contribution in [0.1, 0.15) is 53.6 Å². The molecule has 0 aromatic heterocycles. The van der Waals surface area contributed by atoms with E-state index >= 15 is 0 Å². The van der Waals surface area contributed by atoms with Gasteiger partial charge in [0.15, 0.2) is 5.78 Å². The van der Waals surface area contributed by atoms with Gasteiger partial charge in [0.1, 0.15) is 5.82 Å². The van der Waals surface area contributed by atoms with Gasteiger partial charge in [0, 0.05) is 30.1 Å². The van der Waals surface area contributed by atoms with Crippen LogP contribution >= 0.6 is 0 Å². The molecule has 0 spiro atoms. The molecule has 0 N–H and O–H groups in total. The number of piperidine rings is 2. The zero-order chi connectivity index (χ0) is 20.6. The molecule has 2 fully saturated rings. The molecule has 2 unspecified atom stereocenters. The minimum atomic E-state index is -4.81. The van der Waals surface area contributed by atoms with Crippen LogP contribution in [0.4, 0.5) is 17.6 Å². The molecular formula is C23H23F4NO. The molecule has 2 saturated heterocycles. The van der Waals surface area contributed by atoms with Crippen LogP contribution < -0.4 is 0 Å². The Morgan fingerprint density at radius 3 is 2.28 bits per heavy atom. The summed E-state index contributed by atoms with van der Waals surface area (Å²) < 4.78 is 52.6. The van der Waals surface area contributed by atoms with Crippen molar-refractivity contribution in [3.8, 4) is 0 Å². The Morgan fingerprint density at radius 1 is 1.00 bits per heavy atom. The molecule has 2 aliphatic heterocycles. The second kappa shape index (κ2) is 7.90. The first-order valence-corrected chi connectivity index (χ1v) is 10.0. The lowest BCUT2D eigenvalue weighted by Crippen LogP contribution is -2.52. The quantitative estimate of drug-likeness (QED) is 0.469. The second-order valence-corrected chi connectivity index (χ2v) is 8.12. The SMILES string of the molecule is O=C(c1ccc(F)c(C(F)(F)F)c1)C1CC2CCCC(C1)N2Cc1ccccc1. The van der Waals surface area contributed by atoms with E-state index in [0.29, 0.717) is 18.9 Å². The highest BCUT2D eigenvalue weighted by Crippen LogP contribution is 2.40. The number of alkyl halides is 3. The number of benzene rings is 2. The van der Waals surface area contributed by atoms with Crippen molar-refractivity contribution in [1.29, 1.82) is 0 Å². The predicted molar refractivity (Wildman–Crippen MR) is 102 cm³/mol. The molecule has 2 aliphatic rings. The van der Waals surface area contributed by atoms with Gasteiger partial charge in [0.25, 0.3) is 0 Å². The van der Waals surface area contributed by atoms with Gasteiger partial charge in [-0.05, 0) is 49.4 Å². The summed E-state index contributed by atoms with van der Waals surface area (Å²) in [5, 5.41) is 0. The number of ketones is 1. The Hall–Kier alpha value is -2.21. The fourth-order valence-electron chi connectivity index (χ4n) is 4.88. The van der Waals surface area contributed by atoms with Crippen molar-refractivity contribution in [3.63, 3.8) is 0 Å². The van der Waals surface area contributed by atoms with Gasteiger partial charge in [0.05, 0.1) is 5.56 Å². The van der Waals surface area contributed by atoms with E-state index < -0.39 is 17.6 Å². The van der Waals surface area contributed by atoms with Gasteiger partial charge in [0.2, 0.25) is 0 Å². The summed E-state index contributed by atoms with van der Waals surface area (Å²) in [6.07, 6.45) is -0.442. The number of hydrogen-bond donors (Lipinski definition) is 0. The smallest absolute Gasteiger partial charge is 0.294 e. The topological polar surface area (TPSA) is 20.3 Å². The molecule has 0 amide bonds. The Balaban J connectivity index is 1.52. The highest BCUT2D eigenvalue weighted by Gasteiger charge is 2.41. The minimum absolute atomic E-state index is 0.0432. The first-order chi connectivity index (χ1) is 13.8. The molecule has 2 aromatic rings. The lowest BCUT2D eigenvalue weighted by molar-refractivity contribution is -0.140. The van der Waals surface area contributed by atoms with E-state index in [2.05, 4.69) is 17.0 Å². The third-order valence-electron chi connectivity index (χ3n) is 6.26. The van der Waals surface area contributed by atoms with E-state index in [9.17, 15) is 22.4 Å². The lowest BCUT2D eigenvalue weighted by Gasteiger charge is -2.48. The minimum Gasteiger partial charge on any atom is -0.294 e. The molecule has 2 aromatic carbocycles. The van der Waals surface area contributed by atoms with Crippen LogP contribution in [-0.4, -0.2) is 22.8 Å². The number of fused-ring (bicyclic) bond motifs is 2. The molecule has 2 heterocycles. The summed E-state index contributed by atoms with van der Waals surface area (Å²) in [6, 6.07) is 13.3. The number of nitrogens with zero attached hydrogens (tertiary/aromatic N) is 1. The van der Waals surface area contributed by atoms with E-state index in [1.165, 1.54) is 11.6 Å². The number of carbonyl (C=O) groups is 1. The Kier molecular flexibility index (Phi) is 5.47. The highest BCUT2D eigenvalue weighted by atomic mass is 19.4. The van der Waals surface area contributed by atoms with Crippen LogP contribution in [0.3, 0.4) is 0 Å². The zero-order valence-corrected chi connectivity index (χ0v) is 16.0. The van der Waals surface area contributed by atoms with E-state index in [4.69, 9.17) is 0 Å². The molecule has 4 rings (SSSR count). The van der Waals surface area contributed by atoms with E-state index in [-0.39, 0.29) is 29.3 Å². The maximum atomic E-state index is 13.6. The number of hydrogen-bond acceptors (Lipinski definition) is 2. The third-order valence-corrected chi connectivity index (χ3v) is 6.26. The Bertz CT molecular complexity index is 866. The van der Waals surface area contributed by atoms with Crippen molar-refractivity contribution in [2.45, 2.75) is 56.9 Å². The maximum absolute atomic E-state index is 13.6. The van der Waals surface area contributed by atoms with Gasteiger partial charge >= 0.3 is 6.18 Å². The van der Waals surface area contributed by atoms with Crippen LogP contribution in [-0.2, 0) is 12.7 Å². The molecule has 29 heavy (non-hydrogen) atoms. The molecule has 6 heteroatoms. The van der Waals surface area contributed by atoms with Crippen LogP contribution in [0, 0.1) is 11.7 Å². The molecule has 0 saturated carbocycles. The van der Waals surface area contributed by atoms with Crippen molar-refractivity contribution in [1.82, 2.24) is 4.90 Å². The molecular weight excluding hydrogens is 382 g/mol. The average Bonchev–Trinajstić information content (AvgIpc) is 2.67. The number of Topliss-reactive ketones (excluding diaryl/α,β-unsaturated/α-hetero) is 1. The van der Waals surface area contributed by atoms with Gasteiger partial charge in [-0.25, -0.2) is 4.39 Å².